The summed E-state index contributed by atoms with van der Waals surface area (Å²) >= 11 is 0. The van der Waals surface area contributed by atoms with Crippen LogP contribution in [-0.2, 0) is 6.54 Å². The van der Waals surface area contributed by atoms with Gasteiger partial charge in [-0.15, -0.1) is 0 Å². The van der Waals surface area contributed by atoms with Crippen LogP contribution in [0.15, 0.2) is 66.9 Å². The van der Waals surface area contributed by atoms with Crippen LogP contribution in [-0.4, -0.2) is 29.2 Å². The van der Waals surface area contributed by atoms with E-state index in [2.05, 4.69) is 9.88 Å². The summed E-state index contributed by atoms with van der Waals surface area (Å²) in [5, 5.41) is 2.87. The van der Waals surface area contributed by atoms with Crippen molar-refractivity contribution in [3.63, 3.8) is 0 Å². The van der Waals surface area contributed by atoms with Gasteiger partial charge in [-0.2, -0.15) is 0 Å². The predicted octanol–water partition coefficient (Wildman–Crippen LogP) is 4.27. The molecule has 1 atom stereocenters. The molecule has 0 saturated carbocycles. The number of urea groups is 1. The van der Waals surface area contributed by atoms with Crippen molar-refractivity contribution in [2.75, 3.05) is 19.0 Å². The van der Waals surface area contributed by atoms with Crippen molar-refractivity contribution in [1.82, 2.24) is 9.47 Å². The van der Waals surface area contributed by atoms with Crippen LogP contribution >= 0.6 is 0 Å². The molecule has 0 radical (unpaired) electrons. The lowest BCUT2D eigenvalue weighted by Gasteiger charge is -2.37. The molecule has 0 aliphatic carbocycles. The Morgan fingerprint density at radius 2 is 1.81 bits per heavy atom. The third kappa shape index (κ3) is 3.38. The Balaban J connectivity index is 1.65. The van der Waals surface area contributed by atoms with E-state index in [1.165, 1.54) is 12.1 Å². The standard InChI is InChI=1S/C21H20FN3O2/c1-27-18-10-4-15(5-11-18)20-19-3-2-12-24(19)13-14-25(20)21(26)23-17-8-6-16(22)7-9-17/h2-12,20H,13-14H2,1H3,(H,23,26)/t20-/m0/s1. The molecule has 5 nitrogen and oxygen atoms in total. The van der Waals surface area contributed by atoms with Gasteiger partial charge < -0.3 is 19.5 Å². The van der Waals surface area contributed by atoms with Crippen LogP contribution in [0.3, 0.4) is 0 Å². The molecule has 2 heterocycles. The van der Waals surface area contributed by atoms with Crippen molar-refractivity contribution in [2.45, 2.75) is 12.6 Å². The van der Waals surface area contributed by atoms with E-state index in [0.29, 0.717) is 12.2 Å². The summed E-state index contributed by atoms with van der Waals surface area (Å²) in [6.45, 7) is 1.30. The summed E-state index contributed by atoms with van der Waals surface area (Å²) in [6, 6.07) is 17.1. The average Bonchev–Trinajstić information content (AvgIpc) is 3.18. The van der Waals surface area contributed by atoms with Crippen LogP contribution in [0.25, 0.3) is 0 Å². The Morgan fingerprint density at radius 1 is 1.07 bits per heavy atom. The van der Waals surface area contributed by atoms with E-state index in [9.17, 15) is 9.18 Å². The molecule has 2 aromatic carbocycles. The highest BCUT2D eigenvalue weighted by Crippen LogP contribution is 2.33. The Bertz CT molecular complexity index is 935. The molecule has 6 heteroatoms. The molecule has 4 rings (SSSR count). The van der Waals surface area contributed by atoms with Crippen LogP contribution in [0.2, 0.25) is 0 Å². The molecule has 138 valence electrons. The van der Waals surface area contributed by atoms with E-state index < -0.39 is 0 Å². The number of ether oxygens (including phenoxy) is 1. The first kappa shape index (κ1) is 17.1. The van der Waals surface area contributed by atoms with E-state index in [0.717, 1.165) is 23.6 Å². The summed E-state index contributed by atoms with van der Waals surface area (Å²) in [7, 11) is 1.63. The Labute approximate surface area is 157 Å². The first-order valence-electron chi connectivity index (χ1n) is 8.78. The van der Waals surface area contributed by atoms with Crippen molar-refractivity contribution in [3.8, 4) is 5.75 Å². The van der Waals surface area contributed by atoms with Crippen molar-refractivity contribution >= 4 is 11.7 Å². The maximum absolute atomic E-state index is 13.1. The lowest BCUT2D eigenvalue weighted by atomic mass is 10.00. The number of fused-ring (bicyclic) bond motifs is 1. The highest BCUT2D eigenvalue weighted by atomic mass is 19.1. The van der Waals surface area contributed by atoms with E-state index >= 15 is 0 Å². The molecule has 0 spiro atoms. The summed E-state index contributed by atoms with van der Waals surface area (Å²) < 4.78 is 20.5. The predicted molar refractivity (Wildman–Crippen MR) is 101 cm³/mol. The monoisotopic (exact) mass is 365 g/mol. The highest BCUT2D eigenvalue weighted by Gasteiger charge is 2.32. The first-order chi connectivity index (χ1) is 13.2. The number of aromatic nitrogens is 1. The summed E-state index contributed by atoms with van der Waals surface area (Å²) in [5.74, 6) is 0.437. The maximum atomic E-state index is 13.1. The molecule has 27 heavy (non-hydrogen) atoms. The van der Waals surface area contributed by atoms with Gasteiger partial charge in [-0.25, -0.2) is 9.18 Å². The smallest absolute Gasteiger partial charge is 0.322 e. The minimum Gasteiger partial charge on any atom is -0.497 e. The van der Waals surface area contributed by atoms with E-state index in [4.69, 9.17) is 4.74 Å². The van der Waals surface area contributed by atoms with Crippen molar-refractivity contribution < 1.29 is 13.9 Å². The fourth-order valence-corrected chi connectivity index (χ4v) is 3.47. The van der Waals surface area contributed by atoms with Crippen LogP contribution in [0.5, 0.6) is 5.75 Å². The molecule has 0 fully saturated rings. The molecule has 0 saturated heterocycles. The second kappa shape index (κ2) is 7.15. The van der Waals surface area contributed by atoms with Crippen LogP contribution in [0.4, 0.5) is 14.9 Å². The van der Waals surface area contributed by atoms with Crippen molar-refractivity contribution in [1.29, 1.82) is 0 Å². The van der Waals surface area contributed by atoms with Gasteiger partial charge in [-0.3, -0.25) is 0 Å². The van der Waals surface area contributed by atoms with Crippen LogP contribution in [0.1, 0.15) is 17.3 Å². The van der Waals surface area contributed by atoms with Gasteiger partial charge in [0, 0.05) is 30.7 Å². The van der Waals surface area contributed by atoms with E-state index in [1.54, 1.807) is 24.1 Å². The average molecular weight is 365 g/mol. The number of carbonyl (C=O) groups excluding carboxylic acids is 1. The van der Waals surface area contributed by atoms with Gasteiger partial charge in [-0.1, -0.05) is 12.1 Å². The summed E-state index contributed by atoms with van der Waals surface area (Å²) in [5.41, 5.74) is 2.63. The topological polar surface area (TPSA) is 46.5 Å². The zero-order valence-electron chi connectivity index (χ0n) is 14.9. The second-order valence-electron chi connectivity index (χ2n) is 6.43. The lowest BCUT2D eigenvalue weighted by molar-refractivity contribution is 0.182. The number of benzene rings is 2. The molecule has 1 aliphatic heterocycles. The van der Waals surface area contributed by atoms with Gasteiger partial charge in [-0.05, 0) is 54.1 Å². The van der Waals surface area contributed by atoms with Gasteiger partial charge in [0.25, 0.3) is 0 Å². The molecular formula is C21H20FN3O2. The third-order valence-electron chi connectivity index (χ3n) is 4.83. The number of nitrogens with one attached hydrogen (secondary N) is 1. The van der Waals surface area contributed by atoms with Crippen molar-refractivity contribution in [3.05, 3.63) is 83.9 Å². The summed E-state index contributed by atoms with van der Waals surface area (Å²) in [6.07, 6.45) is 2.03. The SMILES string of the molecule is COc1ccc([C@H]2c3cccn3CCN2C(=O)Nc2ccc(F)cc2)cc1. The van der Waals surface area contributed by atoms with Gasteiger partial charge in [0.2, 0.25) is 0 Å². The Hall–Kier alpha value is -3.28. The number of hydrogen-bond acceptors (Lipinski definition) is 2. The number of hydrogen-bond donors (Lipinski definition) is 1. The molecule has 0 bridgehead atoms. The summed E-state index contributed by atoms with van der Waals surface area (Å²) in [4.78, 5) is 14.8. The number of methoxy groups -OCH3 is 1. The molecule has 3 aromatic rings. The highest BCUT2D eigenvalue weighted by molar-refractivity contribution is 5.90. The Morgan fingerprint density at radius 3 is 2.52 bits per heavy atom. The second-order valence-corrected chi connectivity index (χ2v) is 6.43. The number of anilines is 1. The Kier molecular flexibility index (Phi) is 4.54. The fourth-order valence-electron chi connectivity index (χ4n) is 3.47. The zero-order chi connectivity index (χ0) is 18.8. The lowest BCUT2D eigenvalue weighted by Crippen LogP contribution is -2.44. The quantitative estimate of drug-likeness (QED) is 0.753. The van der Waals surface area contributed by atoms with Gasteiger partial charge in [0.15, 0.2) is 0 Å². The molecule has 1 aromatic heterocycles. The number of amides is 2. The van der Waals surface area contributed by atoms with Gasteiger partial charge in [0.05, 0.1) is 13.2 Å². The molecular weight excluding hydrogens is 345 g/mol. The molecule has 2 amide bonds. The number of rotatable bonds is 3. The largest absolute Gasteiger partial charge is 0.497 e. The number of halogens is 1. The minimum absolute atomic E-state index is 0.208. The van der Waals surface area contributed by atoms with Gasteiger partial charge >= 0.3 is 6.03 Å². The minimum atomic E-state index is -0.333. The third-order valence-corrected chi connectivity index (χ3v) is 4.83. The molecule has 0 unspecified atom stereocenters. The normalized spacial score (nSPS) is 15.9. The van der Waals surface area contributed by atoms with Crippen LogP contribution in [0, 0.1) is 5.82 Å². The first-order valence-corrected chi connectivity index (χ1v) is 8.78. The van der Waals surface area contributed by atoms with E-state index in [-0.39, 0.29) is 17.9 Å². The van der Waals surface area contributed by atoms with Crippen LogP contribution < -0.4 is 10.1 Å². The fraction of sp³-hybridized carbons (Fsp3) is 0.190. The van der Waals surface area contributed by atoms with Crippen molar-refractivity contribution in [2.24, 2.45) is 0 Å². The maximum Gasteiger partial charge on any atom is 0.322 e. The molecule has 1 N–H and O–H groups in total. The molecule has 1 aliphatic rings. The van der Waals surface area contributed by atoms with E-state index in [1.807, 2.05) is 42.6 Å². The van der Waals surface area contributed by atoms with Gasteiger partial charge in [0.1, 0.15) is 11.6 Å². The zero-order valence-corrected chi connectivity index (χ0v) is 14.9. The number of carbonyl (C=O) groups is 1. The number of nitrogens with zero attached hydrogens (tertiary/aromatic N) is 2.